The van der Waals surface area contributed by atoms with E-state index in [0.29, 0.717) is 22.5 Å². The molecule has 0 spiro atoms. The molecule has 5 aromatic carbocycles. The molecule has 0 aliphatic carbocycles. The van der Waals surface area contributed by atoms with Gasteiger partial charge in [0.25, 0.3) is 11.8 Å². The molecule has 0 bridgehead atoms. The van der Waals surface area contributed by atoms with Crippen LogP contribution in [0.1, 0.15) is 37.4 Å². The number of carbonyl (C=O) groups is 2. The largest absolute Gasteiger partial charge is 0.322 e. The van der Waals surface area contributed by atoms with Crippen LogP contribution >= 0.6 is 0 Å². The number of hydrogen-bond acceptors (Lipinski definition) is 2. The number of hydrogen-bond donors (Lipinski definition) is 2. The Hall–Kier alpha value is -4.96. The topological polar surface area (TPSA) is 58.2 Å². The number of aryl methyl sites for hydroxylation is 1. The molecule has 0 aliphatic heterocycles. The average Bonchev–Trinajstić information content (AvgIpc) is 2.95. The molecule has 38 heavy (non-hydrogen) atoms. The number of amides is 2. The molecule has 0 aromatic heterocycles. The summed E-state index contributed by atoms with van der Waals surface area (Å²) in [6, 6.07) is 40.8. The monoisotopic (exact) mass is 496 g/mol. The van der Waals surface area contributed by atoms with Gasteiger partial charge >= 0.3 is 0 Å². The molecular weight excluding hydrogens is 468 g/mol. The van der Waals surface area contributed by atoms with Gasteiger partial charge in [-0.05, 0) is 72.0 Å². The van der Waals surface area contributed by atoms with Crippen molar-refractivity contribution in [1.29, 1.82) is 0 Å². The summed E-state index contributed by atoms with van der Waals surface area (Å²) < 4.78 is 0. The molecule has 0 radical (unpaired) electrons. The molecule has 2 amide bonds. The number of rotatable bonds is 7. The lowest BCUT2D eigenvalue weighted by Gasteiger charge is -2.13. The van der Waals surface area contributed by atoms with E-state index >= 15 is 0 Å². The summed E-state index contributed by atoms with van der Waals surface area (Å²) in [5, 5.41) is 5.91. The van der Waals surface area contributed by atoms with Crippen LogP contribution in [0, 0.1) is 6.92 Å². The smallest absolute Gasteiger partial charge is 0.256 e. The van der Waals surface area contributed by atoms with Gasteiger partial charge in [0.1, 0.15) is 0 Å². The van der Waals surface area contributed by atoms with E-state index in [1.807, 2.05) is 97.9 Å². The van der Waals surface area contributed by atoms with E-state index in [1.54, 1.807) is 24.3 Å². The first-order chi connectivity index (χ1) is 18.5. The molecule has 0 saturated carbocycles. The van der Waals surface area contributed by atoms with Crippen LogP contribution in [0.4, 0.5) is 11.4 Å². The van der Waals surface area contributed by atoms with E-state index in [2.05, 4.69) is 22.8 Å². The second-order valence-electron chi connectivity index (χ2n) is 9.26. The summed E-state index contributed by atoms with van der Waals surface area (Å²) in [6.07, 6.45) is 0.837. The standard InChI is InChI=1S/C34H28N2O2/c1-24-15-20-31(27-11-6-3-7-12-27)32(21-24)34(38)36-30-14-8-13-28(23-30)33(37)35-29-18-16-26(17-19-29)22-25-9-4-2-5-10-25/h2-21,23H,22H2,1H3,(H,35,37)(H,36,38). The molecule has 0 heterocycles. The van der Waals surface area contributed by atoms with Crippen LogP contribution in [-0.2, 0) is 6.42 Å². The SMILES string of the molecule is Cc1ccc(-c2ccccc2)c(C(=O)Nc2cccc(C(=O)Nc3ccc(Cc4ccccc4)cc3)c2)c1. The van der Waals surface area contributed by atoms with Gasteiger partial charge in [-0.15, -0.1) is 0 Å². The van der Waals surface area contributed by atoms with E-state index in [0.717, 1.165) is 23.1 Å². The minimum absolute atomic E-state index is 0.223. The van der Waals surface area contributed by atoms with Crippen molar-refractivity contribution in [1.82, 2.24) is 0 Å². The number of benzene rings is 5. The molecule has 186 valence electrons. The Morgan fingerprint density at radius 2 is 1.24 bits per heavy atom. The van der Waals surface area contributed by atoms with E-state index in [9.17, 15) is 9.59 Å². The third-order valence-corrected chi connectivity index (χ3v) is 6.35. The number of anilines is 2. The lowest BCUT2D eigenvalue weighted by molar-refractivity contribution is 0.101. The van der Waals surface area contributed by atoms with Gasteiger partial charge in [-0.2, -0.15) is 0 Å². The van der Waals surface area contributed by atoms with Crippen LogP contribution in [0.5, 0.6) is 0 Å². The van der Waals surface area contributed by atoms with Gasteiger partial charge in [-0.3, -0.25) is 9.59 Å². The fourth-order valence-corrected chi connectivity index (χ4v) is 4.39. The Labute approximate surface area is 223 Å². The third kappa shape index (κ3) is 6.05. The fraction of sp³-hybridized carbons (Fsp3) is 0.0588. The van der Waals surface area contributed by atoms with Gasteiger partial charge < -0.3 is 10.6 Å². The van der Waals surface area contributed by atoms with Crippen LogP contribution in [-0.4, -0.2) is 11.8 Å². The highest BCUT2D eigenvalue weighted by molar-refractivity contribution is 6.10. The van der Waals surface area contributed by atoms with Crippen molar-refractivity contribution < 1.29 is 9.59 Å². The highest BCUT2D eigenvalue weighted by Crippen LogP contribution is 2.26. The molecule has 0 aliphatic rings. The molecule has 0 atom stereocenters. The molecule has 5 aromatic rings. The summed E-state index contributed by atoms with van der Waals surface area (Å²) in [4.78, 5) is 26.2. The Balaban J connectivity index is 1.28. The summed E-state index contributed by atoms with van der Waals surface area (Å²) in [5.74, 6) is -0.462. The molecule has 4 heteroatoms. The highest BCUT2D eigenvalue weighted by atomic mass is 16.2. The van der Waals surface area contributed by atoms with Crippen LogP contribution < -0.4 is 10.6 Å². The molecule has 0 saturated heterocycles. The van der Waals surface area contributed by atoms with Crippen LogP contribution in [0.25, 0.3) is 11.1 Å². The lowest BCUT2D eigenvalue weighted by Crippen LogP contribution is -2.15. The van der Waals surface area contributed by atoms with Gasteiger partial charge in [-0.1, -0.05) is 96.6 Å². The Bertz CT molecular complexity index is 1560. The lowest BCUT2D eigenvalue weighted by atomic mass is 9.97. The van der Waals surface area contributed by atoms with E-state index in [1.165, 1.54) is 11.1 Å². The summed E-state index contributed by atoms with van der Waals surface area (Å²) in [6.45, 7) is 1.96. The molecule has 2 N–H and O–H groups in total. The van der Waals surface area contributed by atoms with Gasteiger partial charge in [0.15, 0.2) is 0 Å². The van der Waals surface area contributed by atoms with Crippen molar-refractivity contribution in [3.05, 3.63) is 155 Å². The molecular formula is C34H28N2O2. The van der Waals surface area contributed by atoms with Crippen molar-refractivity contribution in [3.63, 3.8) is 0 Å². The molecule has 0 fully saturated rings. The first kappa shape index (κ1) is 24.7. The second-order valence-corrected chi connectivity index (χ2v) is 9.26. The maximum absolute atomic E-state index is 13.3. The van der Waals surface area contributed by atoms with Gasteiger partial charge in [0, 0.05) is 22.5 Å². The summed E-state index contributed by atoms with van der Waals surface area (Å²) in [7, 11) is 0. The normalized spacial score (nSPS) is 10.6. The van der Waals surface area contributed by atoms with E-state index in [4.69, 9.17) is 0 Å². The van der Waals surface area contributed by atoms with Crippen molar-refractivity contribution in [2.24, 2.45) is 0 Å². The van der Waals surface area contributed by atoms with E-state index in [-0.39, 0.29) is 11.8 Å². The van der Waals surface area contributed by atoms with Gasteiger partial charge in [0.05, 0.1) is 0 Å². The zero-order chi connectivity index (χ0) is 26.3. The predicted molar refractivity (Wildman–Crippen MR) is 155 cm³/mol. The van der Waals surface area contributed by atoms with Crippen molar-refractivity contribution in [2.45, 2.75) is 13.3 Å². The first-order valence-electron chi connectivity index (χ1n) is 12.6. The zero-order valence-corrected chi connectivity index (χ0v) is 21.1. The molecule has 5 rings (SSSR count). The zero-order valence-electron chi connectivity index (χ0n) is 21.1. The molecule has 4 nitrogen and oxygen atoms in total. The molecule has 0 unspecified atom stereocenters. The Kier molecular flexibility index (Phi) is 7.42. The Morgan fingerprint density at radius 1 is 0.579 bits per heavy atom. The second kappa shape index (κ2) is 11.4. The predicted octanol–water partition coefficient (Wildman–Crippen LogP) is 7.76. The first-order valence-corrected chi connectivity index (χ1v) is 12.6. The fourth-order valence-electron chi connectivity index (χ4n) is 4.39. The maximum atomic E-state index is 13.3. The minimum Gasteiger partial charge on any atom is -0.322 e. The third-order valence-electron chi connectivity index (χ3n) is 6.35. The highest BCUT2D eigenvalue weighted by Gasteiger charge is 2.15. The number of carbonyl (C=O) groups excluding carboxylic acids is 2. The van der Waals surface area contributed by atoms with Crippen molar-refractivity contribution in [3.8, 4) is 11.1 Å². The number of nitrogens with one attached hydrogen (secondary N) is 2. The maximum Gasteiger partial charge on any atom is 0.256 e. The quantitative estimate of drug-likeness (QED) is 0.242. The van der Waals surface area contributed by atoms with Gasteiger partial charge in [0.2, 0.25) is 0 Å². The van der Waals surface area contributed by atoms with Crippen molar-refractivity contribution >= 4 is 23.2 Å². The minimum atomic E-state index is -0.238. The summed E-state index contributed by atoms with van der Waals surface area (Å²) >= 11 is 0. The van der Waals surface area contributed by atoms with Crippen molar-refractivity contribution in [2.75, 3.05) is 10.6 Å². The average molecular weight is 497 g/mol. The van der Waals surface area contributed by atoms with E-state index < -0.39 is 0 Å². The van der Waals surface area contributed by atoms with Crippen LogP contribution in [0.3, 0.4) is 0 Å². The summed E-state index contributed by atoms with van der Waals surface area (Å²) in [5.41, 5.74) is 7.56. The van der Waals surface area contributed by atoms with Crippen LogP contribution in [0.2, 0.25) is 0 Å². The van der Waals surface area contributed by atoms with Gasteiger partial charge in [-0.25, -0.2) is 0 Å². The Morgan fingerprint density at radius 3 is 1.97 bits per heavy atom. The van der Waals surface area contributed by atoms with Crippen LogP contribution in [0.15, 0.2) is 127 Å².